The first-order valence-electron chi connectivity index (χ1n) is 6.57. The van der Waals surface area contributed by atoms with Crippen LogP contribution in [-0.4, -0.2) is 35.1 Å². The zero-order chi connectivity index (χ0) is 15.6. The summed E-state index contributed by atoms with van der Waals surface area (Å²) in [5, 5.41) is 11.7. The number of nitrogens with zero attached hydrogens (tertiary/aromatic N) is 1. The van der Waals surface area contributed by atoms with Crippen LogP contribution in [0.2, 0.25) is 5.02 Å². The molecule has 21 heavy (non-hydrogen) atoms. The van der Waals surface area contributed by atoms with Gasteiger partial charge in [0, 0.05) is 13.1 Å². The molecule has 1 aromatic carbocycles. The molecule has 0 aliphatic carbocycles. The predicted octanol–water partition coefficient (Wildman–Crippen LogP) is 3.20. The molecule has 0 bridgehead atoms. The Balaban J connectivity index is 2.12. The lowest BCUT2D eigenvalue weighted by molar-refractivity contribution is -0.150. The Morgan fingerprint density at radius 3 is 2.81 bits per heavy atom. The fourth-order valence-electron chi connectivity index (χ4n) is 2.39. The van der Waals surface area contributed by atoms with Crippen LogP contribution in [0.15, 0.2) is 18.2 Å². The zero-order valence-electron chi connectivity index (χ0n) is 11.5. The molecule has 1 fully saturated rings. The molecule has 0 saturated carbocycles. The van der Waals surface area contributed by atoms with Crippen LogP contribution < -0.4 is 5.32 Å². The van der Waals surface area contributed by atoms with Crippen molar-refractivity contribution in [2.24, 2.45) is 5.41 Å². The number of carboxylic acid groups (broad SMARTS) is 1. The van der Waals surface area contributed by atoms with Gasteiger partial charge in [-0.05, 0) is 31.9 Å². The minimum absolute atomic E-state index is 0.0836. The number of rotatable bonds is 2. The highest BCUT2D eigenvalue weighted by Crippen LogP contribution is 2.31. The quantitative estimate of drug-likeness (QED) is 0.880. The number of nitrogens with one attached hydrogen (secondary N) is 1. The summed E-state index contributed by atoms with van der Waals surface area (Å²) >= 11 is 5.85. The molecule has 0 spiro atoms. The molecular weight excluding hydrogens is 299 g/mol. The third-order valence-electron chi connectivity index (χ3n) is 3.69. The van der Waals surface area contributed by atoms with Crippen molar-refractivity contribution in [1.29, 1.82) is 0 Å². The highest BCUT2D eigenvalue weighted by molar-refractivity contribution is 6.33. The van der Waals surface area contributed by atoms with Crippen LogP contribution in [0.1, 0.15) is 19.8 Å². The van der Waals surface area contributed by atoms with Gasteiger partial charge in [0.1, 0.15) is 5.82 Å². The first kappa shape index (κ1) is 15.6. The number of para-hydroxylation sites is 1. The predicted molar refractivity (Wildman–Crippen MR) is 77.0 cm³/mol. The van der Waals surface area contributed by atoms with Gasteiger partial charge in [0.25, 0.3) is 0 Å². The number of piperidine rings is 1. The Hall–Kier alpha value is -1.82. The van der Waals surface area contributed by atoms with Gasteiger partial charge >= 0.3 is 12.0 Å². The molecule has 0 radical (unpaired) electrons. The van der Waals surface area contributed by atoms with Gasteiger partial charge in [0.05, 0.1) is 16.1 Å². The number of amides is 2. The monoisotopic (exact) mass is 314 g/mol. The first-order valence-corrected chi connectivity index (χ1v) is 6.94. The largest absolute Gasteiger partial charge is 0.481 e. The molecule has 1 saturated heterocycles. The topological polar surface area (TPSA) is 69.6 Å². The van der Waals surface area contributed by atoms with Crippen molar-refractivity contribution in [2.45, 2.75) is 19.8 Å². The number of anilines is 1. The molecule has 1 heterocycles. The molecule has 1 unspecified atom stereocenters. The lowest BCUT2D eigenvalue weighted by Gasteiger charge is -2.37. The molecule has 114 valence electrons. The summed E-state index contributed by atoms with van der Waals surface area (Å²) in [7, 11) is 0. The summed E-state index contributed by atoms with van der Waals surface area (Å²) in [6.45, 7) is 2.12. The van der Waals surface area contributed by atoms with Crippen LogP contribution in [0.3, 0.4) is 0 Å². The summed E-state index contributed by atoms with van der Waals surface area (Å²) in [4.78, 5) is 24.8. The van der Waals surface area contributed by atoms with Crippen LogP contribution in [0, 0.1) is 11.2 Å². The number of aliphatic carboxylic acids is 1. The van der Waals surface area contributed by atoms with Gasteiger partial charge in [-0.1, -0.05) is 17.7 Å². The standard InChI is InChI=1S/C14H16ClFN2O3/c1-14(12(19)20)6-3-7-18(8-14)13(21)17-11-9(15)4-2-5-10(11)16/h2,4-5H,3,6-8H2,1H3,(H,17,21)(H,19,20). The lowest BCUT2D eigenvalue weighted by Crippen LogP contribution is -2.49. The Morgan fingerprint density at radius 1 is 1.48 bits per heavy atom. The van der Waals surface area contributed by atoms with Crippen LogP contribution in [0.5, 0.6) is 0 Å². The van der Waals surface area contributed by atoms with Crippen molar-refractivity contribution < 1.29 is 19.1 Å². The van der Waals surface area contributed by atoms with Gasteiger partial charge in [-0.25, -0.2) is 9.18 Å². The van der Waals surface area contributed by atoms with Crippen molar-refractivity contribution >= 4 is 29.3 Å². The molecular formula is C14H16ClFN2O3. The van der Waals surface area contributed by atoms with E-state index in [1.165, 1.54) is 23.1 Å². The van der Waals surface area contributed by atoms with Gasteiger partial charge in [0.15, 0.2) is 0 Å². The molecule has 0 aromatic heterocycles. The van der Waals surface area contributed by atoms with E-state index < -0.39 is 23.2 Å². The highest BCUT2D eigenvalue weighted by atomic mass is 35.5. The molecule has 1 aliphatic heterocycles. The molecule has 1 aliphatic rings. The molecule has 1 atom stereocenters. The third-order valence-corrected chi connectivity index (χ3v) is 4.01. The maximum atomic E-state index is 13.6. The second kappa shape index (κ2) is 5.89. The smallest absolute Gasteiger partial charge is 0.321 e. The average Bonchev–Trinajstić information content (AvgIpc) is 2.43. The SMILES string of the molecule is CC1(C(=O)O)CCCN(C(=O)Nc2c(F)cccc2Cl)C1. The lowest BCUT2D eigenvalue weighted by atomic mass is 9.82. The molecule has 5 nitrogen and oxygen atoms in total. The van der Waals surface area contributed by atoms with E-state index in [-0.39, 0.29) is 17.3 Å². The van der Waals surface area contributed by atoms with Crippen molar-refractivity contribution in [3.05, 3.63) is 29.0 Å². The van der Waals surface area contributed by atoms with E-state index in [4.69, 9.17) is 11.6 Å². The number of halogens is 2. The second-order valence-electron chi connectivity index (χ2n) is 5.42. The van der Waals surface area contributed by atoms with Crippen molar-refractivity contribution in [2.75, 3.05) is 18.4 Å². The van der Waals surface area contributed by atoms with Gasteiger partial charge in [-0.2, -0.15) is 0 Å². The van der Waals surface area contributed by atoms with Crippen LogP contribution >= 0.6 is 11.6 Å². The minimum Gasteiger partial charge on any atom is -0.481 e. The Bertz CT molecular complexity index is 561. The molecule has 2 rings (SSSR count). The van der Waals surface area contributed by atoms with Gasteiger partial charge < -0.3 is 15.3 Å². The summed E-state index contributed by atoms with van der Waals surface area (Å²) in [6, 6.07) is 3.56. The number of likely N-dealkylation sites (tertiary alicyclic amines) is 1. The molecule has 2 amide bonds. The number of carbonyl (C=O) groups is 2. The average molecular weight is 315 g/mol. The molecule has 7 heteroatoms. The number of urea groups is 1. The summed E-state index contributed by atoms with van der Waals surface area (Å²) < 4.78 is 13.6. The fraction of sp³-hybridized carbons (Fsp3) is 0.429. The summed E-state index contributed by atoms with van der Waals surface area (Å²) in [5.41, 5.74) is -1.07. The molecule has 1 aromatic rings. The van der Waals surface area contributed by atoms with Gasteiger partial charge in [-0.15, -0.1) is 0 Å². The van der Waals surface area contributed by atoms with Gasteiger partial charge in [-0.3, -0.25) is 4.79 Å². The number of hydrogen-bond acceptors (Lipinski definition) is 2. The third kappa shape index (κ3) is 3.26. The molecule has 2 N–H and O–H groups in total. The zero-order valence-corrected chi connectivity index (χ0v) is 12.3. The number of carboxylic acids is 1. The number of benzene rings is 1. The van der Waals surface area contributed by atoms with E-state index in [0.717, 1.165) is 0 Å². The van der Waals surface area contributed by atoms with E-state index in [1.54, 1.807) is 6.92 Å². The fourth-order valence-corrected chi connectivity index (χ4v) is 2.60. The van der Waals surface area contributed by atoms with E-state index in [2.05, 4.69) is 5.32 Å². The van der Waals surface area contributed by atoms with Crippen LogP contribution in [-0.2, 0) is 4.79 Å². The Labute approximate surface area is 126 Å². The number of hydrogen-bond donors (Lipinski definition) is 2. The van der Waals surface area contributed by atoms with Crippen molar-refractivity contribution in [1.82, 2.24) is 4.90 Å². The first-order chi connectivity index (χ1) is 9.83. The van der Waals surface area contributed by atoms with Crippen LogP contribution in [0.4, 0.5) is 14.9 Å². The van der Waals surface area contributed by atoms with E-state index in [9.17, 15) is 19.1 Å². The second-order valence-corrected chi connectivity index (χ2v) is 5.82. The normalized spacial score (nSPS) is 22.0. The Kier molecular flexibility index (Phi) is 4.37. The minimum atomic E-state index is -0.978. The highest BCUT2D eigenvalue weighted by Gasteiger charge is 2.39. The van der Waals surface area contributed by atoms with Crippen molar-refractivity contribution in [3.8, 4) is 0 Å². The van der Waals surface area contributed by atoms with Gasteiger partial charge in [0.2, 0.25) is 0 Å². The number of carbonyl (C=O) groups excluding carboxylic acids is 1. The van der Waals surface area contributed by atoms with Crippen LogP contribution in [0.25, 0.3) is 0 Å². The maximum Gasteiger partial charge on any atom is 0.321 e. The van der Waals surface area contributed by atoms with E-state index in [0.29, 0.717) is 19.4 Å². The van der Waals surface area contributed by atoms with Crippen molar-refractivity contribution in [3.63, 3.8) is 0 Å². The summed E-state index contributed by atoms with van der Waals surface area (Å²) in [6.07, 6.45) is 1.09. The van der Waals surface area contributed by atoms with E-state index in [1.807, 2.05) is 0 Å². The maximum absolute atomic E-state index is 13.6. The Morgan fingerprint density at radius 2 is 2.19 bits per heavy atom. The summed E-state index contributed by atoms with van der Waals surface area (Å²) in [5.74, 6) is -1.57. The van der Waals surface area contributed by atoms with E-state index >= 15 is 0 Å².